The van der Waals surface area contributed by atoms with Gasteiger partial charge in [0.25, 0.3) is 0 Å². The van der Waals surface area contributed by atoms with Crippen molar-refractivity contribution in [3.8, 4) is 22.8 Å². The van der Waals surface area contributed by atoms with Gasteiger partial charge in [0, 0.05) is 21.5 Å². The van der Waals surface area contributed by atoms with Crippen molar-refractivity contribution in [2.24, 2.45) is 9.98 Å². The summed E-state index contributed by atoms with van der Waals surface area (Å²) in [6.07, 6.45) is 8.54. The number of hydrogen-bond donors (Lipinski definition) is 0. The van der Waals surface area contributed by atoms with E-state index < -0.39 is 0 Å². The maximum Gasteiger partial charge on any atom is 2.00 e. The Morgan fingerprint density at radius 2 is 0.642 bits per heavy atom. The first-order valence-electron chi connectivity index (χ1n) is 22.2. The fraction of sp³-hybridized carbons (Fsp3) is 0.0690. The number of fused-ring (bicyclic) bond motifs is 10. The fourth-order valence-corrected chi connectivity index (χ4v) is 9.07. The van der Waals surface area contributed by atoms with E-state index in [1.54, 1.807) is 0 Å². The number of rotatable bonds is 2. The molecule has 67 heavy (non-hydrogen) atoms. The molecule has 0 radical (unpaired) electrons. The predicted molar refractivity (Wildman–Crippen MR) is 268 cm³/mol. The summed E-state index contributed by atoms with van der Waals surface area (Å²) in [6, 6.07) is 61.6. The summed E-state index contributed by atoms with van der Waals surface area (Å²) in [6.45, 7) is 1.43. The number of hydrogen-bond acceptors (Lipinski definition) is 6. The third-order valence-electron chi connectivity index (χ3n) is 12.3. The van der Waals surface area contributed by atoms with Crippen LogP contribution in [0.5, 0.6) is 0 Å². The molecular formula is C58H40N8Os. The molecule has 0 saturated heterocycles. The number of pyridine rings is 4. The molecule has 10 aromatic rings. The summed E-state index contributed by atoms with van der Waals surface area (Å²) >= 11 is 0. The molecule has 0 saturated carbocycles. The normalized spacial score (nSPS) is 16.4. The average Bonchev–Trinajstić information content (AvgIpc) is 3.39. The molecule has 9 heteroatoms. The minimum Gasteiger partial charge on any atom is -0.682 e. The molecule has 320 valence electrons. The van der Waals surface area contributed by atoms with E-state index in [1.165, 1.54) is 10.8 Å². The molecule has 3 aliphatic heterocycles. The summed E-state index contributed by atoms with van der Waals surface area (Å²) in [4.78, 5) is 29.0. The van der Waals surface area contributed by atoms with Crippen LogP contribution in [0, 0.1) is 0 Å². The molecule has 0 amide bonds. The Bertz CT molecular complexity index is 3420. The van der Waals surface area contributed by atoms with Crippen LogP contribution in [-0.2, 0) is 19.8 Å². The summed E-state index contributed by atoms with van der Waals surface area (Å²) in [7, 11) is 0. The van der Waals surface area contributed by atoms with E-state index in [0.29, 0.717) is 13.1 Å². The van der Waals surface area contributed by atoms with Gasteiger partial charge >= 0.3 is 19.8 Å². The van der Waals surface area contributed by atoms with Crippen molar-refractivity contribution in [1.29, 1.82) is 0 Å². The van der Waals surface area contributed by atoms with E-state index in [4.69, 9.17) is 20.6 Å². The second-order valence-electron chi connectivity index (χ2n) is 16.5. The van der Waals surface area contributed by atoms with Crippen molar-refractivity contribution >= 4 is 54.4 Å². The number of para-hydroxylation sites is 4. The van der Waals surface area contributed by atoms with Crippen molar-refractivity contribution < 1.29 is 19.8 Å². The minimum absolute atomic E-state index is 0. The van der Waals surface area contributed by atoms with Gasteiger partial charge < -0.3 is 10.6 Å². The van der Waals surface area contributed by atoms with Gasteiger partial charge in [0.05, 0.1) is 55.6 Å². The summed E-state index contributed by atoms with van der Waals surface area (Å²) in [5.41, 5.74) is 12.0. The Hall–Kier alpha value is -7.98. The quantitative estimate of drug-likeness (QED) is 0.172. The Balaban J connectivity index is 0.000000111. The largest absolute Gasteiger partial charge is 2.00 e. The van der Waals surface area contributed by atoms with Crippen LogP contribution in [0.3, 0.4) is 0 Å². The Kier molecular flexibility index (Phi) is 11.3. The van der Waals surface area contributed by atoms with Crippen LogP contribution in [0.25, 0.3) is 87.8 Å². The summed E-state index contributed by atoms with van der Waals surface area (Å²) in [5.74, 6) is 0. The summed E-state index contributed by atoms with van der Waals surface area (Å²) in [5, 5.41) is 18.4. The topological polar surface area (TPSA) is 104 Å². The first-order valence-corrected chi connectivity index (χ1v) is 22.2. The molecule has 4 aromatic heterocycles. The van der Waals surface area contributed by atoms with Crippen molar-refractivity contribution in [2.45, 2.75) is 12.1 Å². The van der Waals surface area contributed by atoms with Crippen molar-refractivity contribution in [1.82, 2.24) is 19.9 Å². The Labute approximate surface area is 400 Å². The molecule has 7 heterocycles. The van der Waals surface area contributed by atoms with E-state index in [1.807, 2.05) is 97.1 Å². The first-order chi connectivity index (χ1) is 32.7. The third-order valence-corrected chi connectivity index (χ3v) is 12.3. The molecule has 0 fully saturated rings. The van der Waals surface area contributed by atoms with E-state index in [-0.39, 0.29) is 31.9 Å². The maximum absolute atomic E-state index is 5.12. The van der Waals surface area contributed by atoms with E-state index in [0.717, 1.165) is 99.6 Å². The molecule has 1 aliphatic carbocycles. The number of aromatic nitrogens is 4. The first kappa shape index (κ1) is 41.7. The monoisotopic (exact) mass is 1040 g/mol. The van der Waals surface area contributed by atoms with Crippen LogP contribution in [0.15, 0.2) is 239 Å². The van der Waals surface area contributed by atoms with Crippen LogP contribution in [0.2, 0.25) is 0 Å². The van der Waals surface area contributed by atoms with Crippen molar-refractivity contribution in [2.75, 3.05) is 13.1 Å². The van der Waals surface area contributed by atoms with Gasteiger partial charge in [0.15, 0.2) is 0 Å². The van der Waals surface area contributed by atoms with Crippen LogP contribution in [0.1, 0.15) is 0 Å². The van der Waals surface area contributed by atoms with Gasteiger partial charge in [-0.05, 0) is 82.6 Å². The van der Waals surface area contributed by atoms with Gasteiger partial charge in [-0.3, -0.25) is 9.98 Å². The van der Waals surface area contributed by atoms with Gasteiger partial charge in [-0.15, -0.1) is 36.6 Å². The second kappa shape index (κ2) is 18.1. The molecule has 8 nitrogen and oxygen atoms in total. The standard InChI is InChI=1S/C22H16N4.2C18H12N2.Os/c1-2-6-14-12-18-17(11-13(14)5-1)25-21-15-7-3-9-23-19(15)20-16(22(21)26-18)8-4-10-24-20;2*1-3-7-15-13(5-1)9-11-17(19-15)18-12-10-14-6-2-4-8-16(14)20-18;/h1-8,11-12,21-22H,9-10H2;2*1-12H;/q-2;;;+2. The number of benzene rings is 6. The average molecular weight is 1040 g/mol. The molecule has 2 atom stereocenters. The van der Waals surface area contributed by atoms with Gasteiger partial charge in [-0.2, -0.15) is 0 Å². The molecule has 0 bridgehead atoms. The third kappa shape index (κ3) is 8.20. The fourth-order valence-electron chi connectivity index (χ4n) is 9.07. The minimum atomic E-state index is -0.0179. The summed E-state index contributed by atoms with van der Waals surface area (Å²) < 4.78 is 0. The van der Waals surface area contributed by atoms with Gasteiger partial charge in [0.2, 0.25) is 0 Å². The molecule has 14 rings (SSSR count). The maximum atomic E-state index is 5.12. The predicted octanol–water partition coefficient (Wildman–Crippen LogP) is 12.1. The molecular weight excluding hydrogens is 999 g/mol. The Morgan fingerprint density at radius 1 is 0.343 bits per heavy atom. The van der Waals surface area contributed by atoms with Gasteiger partial charge in [0.1, 0.15) is 12.1 Å². The molecule has 2 unspecified atom stereocenters. The zero-order chi connectivity index (χ0) is 43.8. The smallest absolute Gasteiger partial charge is 0.682 e. The van der Waals surface area contributed by atoms with Gasteiger partial charge in [-0.1, -0.05) is 133 Å². The van der Waals surface area contributed by atoms with E-state index in [2.05, 4.69) is 129 Å². The van der Waals surface area contributed by atoms with E-state index in [9.17, 15) is 0 Å². The van der Waals surface area contributed by atoms with Gasteiger partial charge in [-0.25, -0.2) is 19.9 Å². The number of nitrogens with zero attached hydrogens (tertiary/aromatic N) is 8. The zero-order valence-corrected chi connectivity index (χ0v) is 38.7. The molecule has 0 N–H and O–H groups in total. The van der Waals surface area contributed by atoms with E-state index >= 15 is 0 Å². The molecule has 4 aliphatic rings. The van der Waals surface area contributed by atoms with Crippen LogP contribution >= 0.6 is 0 Å². The molecule has 6 aromatic carbocycles. The Morgan fingerprint density at radius 3 is 0.970 bits per heavy atom. The van der Waals surface area contributed by atoms with Crippen LogP contribution in [0.4, 0.5) is 0 Å². The van der Waals surface area contributed by atoms with Crippen molar-refractivity contribution in [3.63, 3.8) is 0 Å². The SMILES string of the molecule is C1=CC2=C([N-]C1)C1=C(C=CC[N-]1)C1N=c3cc4ccccc4cc3=NC21.[Os+2].c1ccc2nc(-c3ccc4ccccc4n3)ccc2c1.c1ccc2nc(-c3ccc4ccccc4n3)ccc2c1. The van der Waals surface area contributed by atoms with Crippen LogP contribution in [-0.4, -0.2) is 45.1 Å². The van der Waals surface area contributed by atoms with Crippen LogP contribution < -0.4 is 10.7 Å². The zero-order valence-electron chi connectivity index (χ0n) is 36.1. The molecule has 0 spiro atoms. The second-order valence-corrected chi connectivity index (χ2v) is 16.5. The van der Waals surface area contributed by atoms with Crippen molar-refractivity contribution in [3.05, 3.63) is 250 Å².